The number of aryl methyl sites for hydroxylation is 1. The van der Waals surface area contributed by atoms with Crippen LogP contribution in [-0.4, -0.2) is 11.0 Å². The quantitative estimate of drug-likeness (QED) is 0.641. The van der Waals surface area contributed by atoms with E-state index in [4.69, 9.17) is 0 Å². The summed E-state index contributed by atoms with van der Waals surface area (Å²) in [6.45, 7) is 1.98. The van der Waals surface area contributed by atoms with Crippen molar-refractivity contribution in [2.24, 2.45) is 0 Å². The first kappa shape index (κ1) is 11.9. The Morgan fingerprint density at radius 2 is 2.00 bits per heavy atom. The summed E-state index contributed by atoms with van der Waals surface area (Å²) < 4.78 is 0. The number of nitro groups is 1. The van der Waals surface area contributed by atoms with Crippen LogP contribution in [0.2, 0.25) is 0 Å². The van der Waals surface area contributed by atoms with Crippen molar-refractivity contribution in [3.05, 3.63) is 33.9 Å². The lowest BCUT2D eigenvalue weighted by Gasteiger charge is -2.24. The van der Waals surface area contributed by atoms with Crippen molar-refractivity contribution >= 4 is 11.4 Å². The molecular weight excluding hydrogens is 216 g/mol. The molecule has 1 aliphatic carbocycles. The summed E-state index contributed by atoms with van der Waals surface area (Å²) in [6.07, 6.45) is 6.16. The molecule has 0 amide bonds. The smallest absolute Gasteiger partial charge is 0.271 e. The predicted molar refractivity (Wildman–Crippen MR) is 68.3 cm³/mol. The van der Waals surface area contributed by atoms with E-state index < -0.39 is 0 Å². The minimum absolute atomic E-state index is 0.161. The summed E-state index contributed by atoms with van der Waals surface area (Å²) in [5.74, 6) is 0. The Morgan fingerprint density at radius 3 is 2.65 bits per heavy atom. The lowest BCUT2D eigenvalue weighted by atomic mass is 9.95. The fourth-order valence-electron chi connectivity index (χ4n) is 2.35. The summed E-state index contributed by atoms with van der Waals surface area (Å²) in [4.78, 5) is 10.4. The summed E-state index contributed by atoms with van der Waals surface area (Å²) in [6, 6.07) is 5.48. The Bertz CT molecular complexity index is 412. The number of hydrogen-bond acceptors (Lipinski definition) is 3. The Kier molecular flexibility index (Phi) is 3.61. The second kappa shape index (κ2) is 5.17. The van der Waals surface area contributed by atoms with Crippen LogP contribution in [0.15, 0.2) is 18.2 Å². The van der Waals surface area contributed by atoms with Crippen molar-refractivity contribution in [3.8, 4) is 0 Å². The number of benzene rings is 1. The van der Waals surface area contributed by atoms with E-state index in [-0.39, 0.29) is 10.6 Å². The highest BCUT2D eigenvalue weighted by molar-refractivity contribution is 5.57. The van der Waals surface area contributed by atoms with E-state index in [1.165, 1.54) is 32.1 Å². The molecule has 0 atom stereocenters. The second-order valence-corrected chi connectivity index (χ2v) is 4.74. The van der Waals surface area contributed by atoms with Crippen LogP contribution in [0, 0.1) is 17.0 Å². The number of nitro benzene ring substituents is 1. The van der Waals surface area contributed by atoms with E-state index in [9.17, 15) is 10.1 Å². The first-order valence-electron chi connectivity index (χ1n) is 6.18. The van der Waals surface area contributed by atoms with E-state index in [1.54, 1.807) is 12.1 Å². The molecule has 92 valence electrons. The molecule has 4 heteroatoms. The summed E-state index contributed by atoms with van der Waals surface area (Å²) in [7, 11) is 0. The Labute approximate surface area is 101 Å². The highest BCUT2D eigenvalue weighted by atomic mass is 16.6. The molecular formula is C13H18N2O2. The molecule has 1 aromatic carbocycles. The van der Waals surface area contributed by atoms with Crippen LogP contribution in [0.5, 0.6) is 0 Å². The number of anilines is 1. The van der Waals surface area contributed by atoms with E-state index in [0.29, 0.717) is 6.04 Å². The Balaban J connectivity index is 2.13. The average Bonchev–Trinajstić information content (AvgIpc) is 2.33. The highest BCUT2D eigenvalue weighted by Crippen LogP contribution is 2.26. The van der Waals surface area contributed by atoms with Crippen molar-refractivity contribution < 1.29 is 4.92 Å². The number of nitrogens with one attached hydrogen (secondary N) is 1. The summed E-state index contributed by atoms with van der Waals surface area (Å²) in [5, 5.41) is 14.2. The molecule has 0 aromatic heterocycles. The van der Waals surface area contributed by atoms with Gasteiger partial charge in [-0.2, -0.15) is 0 Å². The van der Waals surface area contributed by atoms with Gasteiger partial charge in [0.05, 0.1) is 4.92 Å². The van der Waals surface area contributed by atoms with Gasteiger partial charge in [-0.1, -0.05) is 25.3 Å². The maximum absolute atomic E-state index is 10.7. The second-order valence-electron chi connectivity index (χ2n) is 4.74. The summed E-state index contributed by atoms with van der Waals surface area (Å²) in [5.41, 5.74) is 2.14. The Morgan fingerprint density at radius 1 is 1.29 bits per heavy atom. The zero-order valence-corrected chi connectivity index (χ0v) is 10.1. The number of rotatable bonds is 3. The van der Waals surface area contributed by atoms with Crippen LogP contribution < -0.4 is 5.32 Å². The SMILES string of the molecule is Cc1ccc([N+](=O)[O-])cc1NC1CCCCC1. The van der Waals surface area contributed by atoms with Crippen molar-refractivity contribution in [3.63, 3.8) is 0 Å². The van der Waals surface area contributed by atoms with Crippen molar-refractivity contribution in [1.29, 1.82) is 0 Å². The topological polar surface area (TPSA) is 55.2 Å². The van der Waals surface area contributed by atoms with E-state index in [0.717, 1.165) is 11.3 Å². The first-order valence-corrected chi connectivity index (χ1v) is 6.18. The third-order valence-corrected chi connectivity index (χ3v) is 3.40. The minimum atomic E-state index is -0.342. The highest BCUT2D eigenvalue weighted by Gasteiger charge is 2.15. The summed E-state index contributed by atoms with van der Waals surface area (Å²) >= 11 is 0. The molecule has 2 rings (SSSR count). The zero-order valence-electron chi connectivity index (χ0n) is 10.1. The van der Waals surface area contributed by atoms with Crippen LogP contribution in [0.1, 0.15) is 37.7 Å². The van der Waals surface area contributed by atoms with E-state index >= 15 is 0 Å². The standard InChI is InChI=1S/C13H18N2O2/c1-10-7-8-12(15(16)17)9-13(10)14-11-5-3-2-4-6-11/h7-9,11,14H,2-6H2,1H3. The van der Waals surface area contributed by atoms with Gasteiger partial charge in [0.2, 0.25) is 0 Å². The molecule has 1 N–H and O–H groups in total. The lowest BCUT2D eigenvalue weighted by Crippen LogP contribution is -2.22. The number of non-ortho nitro benzene ring substituents is 1. The third-order valence-electron chi connectivity index (χ3n) is 3.40. The van der Waals surface area contributed by atoms with Crippen LogP contribution in [0.4, 0.5) is 11.4 Å². The molecule has 4 nitrogen and oxygen atoms in total. The molecule has 1 saturated carbocycles. The molecule has 0 heterocycles. The molecule has 0 bridgehead atoms. The fourth-order valence-corrected chi connectivity index (χ4v) is 2.35. The molecule has 1 fully saturated rings. The van der Waals surface area contributed by atoms with Gasteiger partial charge in [0.25, 0.3) is 5.69 Å². The van der Waals surface area contributed by atoms with Crippen molar-refractivity contribution in [2.75, 3.05) is 5.32 Å². The van der Waals surface area contributed by atoms with Crippen molar-refractivity contribution in [2.45, 2.75) is 45.1 Å². The molecule has 1 aliphatic rings. The Hall–Kier alpha value is -1.58. The van der Waals surface area contributed by atoms with Gasteiger partial charge in [-0.3, -0.25) is 10.1 Å². The van der Waals surface area contributed by atoms with Gasteiger partial charge in [0, 0.05) is 23.9 Å². The molecule has 1 aromatic rings. The van der Waals surface area contributed by atoms with Gasteiger partial charge in [0.1, 0.15) is 0 Å². The van der Waals surface area contributed by atoms with Crippen molar-refractivity contribution in [1.82, 2.24) is 0 Å². The van der Waals surface area contributed by atoms with Gasteiger partial charge >= 0.3 is 0 Å². The first-order chi connectivity index (χ1) is 8.16. The molecule has 0 unspecified atom stereocenters. The fraction of sp³-hybridized carbons (Fsp3) is 0.538. The molecule has 0 spiro atoms. The van der Waals surface area contributed by atoms with Crippen LogP contribution in [-0.2, 0) is 0 Å². The molecule has 0 aliphatic heterocycles. The van der Waals surface area contributed by atoms with Gasteiger partial charge in [-0.05, 0) is 25.3 Å². The normalized spacial score (nSPS) is 16.8. The minimum Gasteiger partial charge on any atom is -0.382 e. The number of hydrogen-bond donors (Lipinski definition) is 1. The zero-order chi connectivity index (χ0) is 12.3. The lowest BCUT2D eigenvalue weighted by molar-refractivity contribution is -0.384. The average molecular weight is 234 g/mol. The third kappa shape index (κ3) is 2.96. The van der Waals surface area contributed by atoms with Crippen LogP contribution in [0.25, 0.3) is 0 Å². The molecule has 17 heavy (non-hydrogen) atoms. The molecule has 0 saturated heterocycles. The van der Waals surface area contributed by atoms with Gasteiger partial charge in [0.15, 0.2) is 0 Å². The maximum atomic E-state index is 10.7. The largest absolute Gasteiger partial charge is 0.382 e. The number of nitrogens with zero attached hydrogens (tertiary/aromatic N) is 1. The van der Waals surface area contributed by atoms with Crippen LogP contribution >= 0.6 is 0 Å². The van der Waals surface area contributed by atoms with Gasteiger partial charge in [-0.25, -0.2) is 0 Å². The monoisotopic (exact) mass is 234 g/mol. The van der Waals surface area contributed by atoms with Gasteiger partial charge < -0.3 is 5.32 Å². The maximum Gasteiger partial charge on any atom is 0.271 e. The van der Waals surface area contributed by atoms with E-state index in [2.05, 4.69) is 5.32 Å². The predicted octanol–water partition coefficient (Wildman–Crippen LogP) is 3.65. The van der Waals surface area contributed by atoms with E-state index in [1.807, 2.05) is 13.0 Å². The van der Waals surface area contributed by atoms with Crippen LogP contribution in [0.3, 0.4) is 0 Å². The molecule has 0 radical (unpaired) electrons. The van der Waals surface area contributed by atoms with Gasteiger partial charge in [-0.15, -0.1) is 0 Å².